The van der Waals surface area contributed by atoms with E-state index in [0.29, 0.717) is 11.8 Å². The van der Waals surface area contributed by atoms with Gasteiger partial charge in [0, 0.05) is 12.7 Å². The van der Waals surface area contributed by atoms with Crippen LogP contribution in [-0.4, -0.2) is 16.5 Å². The van der Waals surface area contributed by atoms with Crippen molar-refractivity contribution in [2.45, 2.75) is 0 Å². The predicted octanol–water partition coefficient (Wildman–Crippen LogP) is -0.955. The standard InChI is InChI=1S/C7H7N3O2/c11-10(12)7-4-9-6-3-8-2-1-5(6)7/h1,3-4,8-9H,2H2. The lowest BCUT2D eigenvalue weighted by molar-refractivity contribution is -0.385. The Morgan fingerprint density at radius 2 is 2.42 bits per heavy atom. The lowest BCUT2D eigenvalue weighted by Gasteiger charge is -1.96. The summed E-state index contributed by atoms with van der Waals surface area (Å²) in [4.78, 5) is 12.9. The summed E-state index contributed by atoms with van der Waals surface area (Å²) in [6.07, 6.45) is 4.94. The molecule has 2 rings (SSSR count). The molecule has 1 aromatic rings. The minimum Gasteiger partial charge on any atom is -0.386 e. The summed E-state index contributed by atoms with van der Waals surface area (Å²) in [5, 5.41) is 14.9. The van der Waals surface area contributed by atoms with E-state index in [1.54, 1.807) is 12.3 Å². The Morgan fingerprint density at radius 1 is 1.58 bits per heavy atom. The highest BCUT2D eigenvalue weighted by Gasteiger charge is 2.11. The Bertz CT molecular complexity index is 432. The van der Waals surface area contributed by atoms with Crippen LogP contribution in [0, 0.1) is 10.1 Å². The van der Waals surface area contributed by atoms with Gasteiger partial charge in [-0.15, -0.1) is 0 Å². The van der Waals surface area contributed by atoms with Crippen LogP contribution in [0.4, 0.5) is 5.69 Å². The van der Waals surface area contributed by atoms with Crippen molar-refractivity contribution < 1.29 is 4.92 Å². The summed E-state index contributed by atoms with van der Waals surface area (Å²) in [7, 11) is 0. The molecular weight excluding hydrogens is 158 g/mol. The van der Waals surface area contributed by atoms with Gasteiger partial charge in [0.15, 0.2) is 0 Å². The molecule has 2 heterocycles. The van der Waals surface area contributed by atoms with Crippen LogP contribution in [-0.2, 0) is 0 Å². The fourth-order valence-corrected chi connectivity index (χ4v) is 1.25. The third-order valence-corrected chi connectivity index (χ3v) is 1.80. The zero-order chi connectivity index (χ0) is 8.55. The molecule has 0 unspecified atom stereocenters. The number of aromatic amines is 1. The van der Waals surface area contributed by atoms with Crippen molar-refractivity contribution in [1.29, 1.82) is 0 Å². The molecule has 1 aromatic heterocycles. The zero-order valence-electron chi connectivity index (χ0n) is 6.20. The fourth-order valence-electron chi connectivity index (χ4n) is 1.25. The molecule has 0 fully saturated rings. The number of nitrogens with zero attached hydrogens (tertiary/aromatic N) is 1. The first-order valence-corrected chi connectivity index (χ1v) is 3.54. The first-order valence-electron chi connectivity index (χ1n) is 3.54. The molecule has 5 nitrogen and oxygen atoms in total. The topological polar surface area (TPSA) is 71.0 Å². The van der Waals surface area contributed by atoms with E-state index in [2.05, 4.69) is 10.3 Å². The van der Waals surface area contributed by atoms with Crippen LogP contribution in [0.1, 0.15) is 0 Å². The molecule has 0 saturated heterocycles. The second-order valence-corrected chi connectivity index (χ2v) is 2.52. The minimum atomic E-state index is -0.384. The number of nitrogens with one attached hydrogen (secondary N) is 2. The molecule has 0 spiro atoms. The number of hydrogen-bond donors (Lipinski definition) is 2. The van der Waals surface area contributed by atoms with Crippen LogP contribution in [0.15, 0.2) is 6.20 Å². The van der Waals surface area contributed by atoms with Crippen molar-refractivity contribution in [3.8, 4) is 0 Å². The van der Waals surface area contributed by atoms with Crippen molar-refractivity contribution in [3.05, 3.63) is 26.9 Å². The van der Waals surface area contributed by atoms with E-state index in [-0.39, 0.29) is 10.6 Å². The number of nitro groups is 1. The number of fused-ring (bicyclic) bond motifs is 1. The van der Waals surface area contributed by atoms with Crippen LogP contribution in [0.2, 0.25) is 0 Å². The highest BCUT2D eigenvalue weighted by molar-refractivity contribution is 5.45. The van der Waals surface area contributed by atoms with E-state index in [1.807, 2.05) is 0 Å². The van der Waals surface area contributed by atoms with Gasteiger partial charge in [0.25, 0.3) is 5.69 Å². The summed E-state index contributed by atoms with van der Waals surface area (Å²) in [5.41, 5.74) is 0.141. The van der Waals surface area contributed by atoms with Crippen molar-refractivity contribution in [2.24, 2.45) is 0 Å². The maximum atomic E-state index is 10.5. The van der Waals surface area contributed by atoms with Gasteiger partial charge >= 0.3 is 0 Å². The Morgan fingerprint density at radius 3 is 3.17 bits per heavy atom. The number of aromatic nitrogens is 1. The molecule has 0 atom stereocenters. The van der Waals surface area contributed by atoms with Gasteiger partial charge in [0.2, 0.25) is 0 Å². The lowest BCUT2D eigenvalue weighted by atomic mass is 10.3. The van der Waals surface area contributed by atoms with E-state index in [4.69, 9.17) is 0 Å². The Labute approximate surface area is 67.6 Å². The van der Waals surface area contributed by atoms with Gasteiger partial charge in [0.1, 0.15) is 0 Å². The van der Waals surface area contributed by atoms with Crippen LogP contribution in [0.3, 0.4) is 0 Å². The maximum Gasteiger partial charge on any atom is 0.294 e. The van der Waals surface area contributed by atoms with Gasteiger partial charge in [-0.1, -0.05) is 0 Å². The molecule has 0 amide bonds. The fraction of sp³-hybridized carbons (Fsp3) is 0.143. The van der Waals surface area contributed by atoms with Crippen LogP contribution in [0.25, 0.3) is 12.3 Å². The first-order chi connectivity index (χ1) is 5.79. The summed E-state index contributed by atoms with van der Waals surface area (Å²) in [5.74, 6) is 0. The van der Waals surface area contributed by atoms with Crippen molar-refractivity contribution >= 4 is 18.0 Å². The van der Waals surface area contributed by atoms with Crippen molar-refractivity contribution in [2.75, 3.05) is 6.54 Å². The average molecular weight is 165 g/mol. The summed E-state index contributed by atoms with van der Waals surface area (Å²) in [6, 6.07) is 0. The second kappa shape index (κ2) is 2.37. The second-order valence-electron chi connectivity index (χ2n) is 2.52. The molecule has 1 aliphatic heterocycles. The monoisotopic (exact) mass is 165 g/mol. The number of rotatable bonds is 1. The smallest absolute Gasteiger partial charge is 0.294 e. The zero-order valence-corrected chi connectivity index (χ0v) is 6.20. The molecule has 0 radical (unpaired) electrons. The van der Waals surface area contributed by atoms with Crippen LogP contribution >= 0.6 is 0 Å². The molecule has 62 valence electrons. The molecule has 12 heavy (non-hydrogen) atoms. The molecule has 5 heteroatoms. The third-order valence-electron chi connectivity index (χ3n) is 1.80. The predicted molar refractivity (Wildman–Crippen MR) is 43.6 cm³/mol. The van der Waals surface area contributed by atoms with Gasteiger partial charge in [-0.3, -0.25) is 10.1 Å². The van der Waals surface area contributed by atoms with E-state index in [0.717, 1.165) is 5.35 Å². The van der Waals surface area contributed by atoms with Gasteiger partial charge in [-0.2, -0.15) is 0 Å². The number of H-pyrrole nitrogens is 1. The van der Waals surface area contributed by atoms with Crippen LogP contribution < -0.4 is 15.9 Å². The van der Waals surface area contributed by atoms with E-state index >= 15 is 0 Å². The van der Waals surface area contributed by atoms with E-state index < -0.39 is 0 Å². The van der Waals surface area contributed by atoms with Gasteiger partial charge in [0.05, 0.1) is 21.7 Å². The van der Waals surface area contributed by atoms with Gasteiger partial charge in [-0.25, -0.2) is 0 Å². The minimum absolute atomic E-state index is 0.141. The average Bonchev–Trinajstić information content (AvgIpc) is 2.47. The maximum absolute atomic E-state index is 10.5. The SMILES string of the molecule is O=[N+]([O-])c1c[nH]c2c1=CCNC=2. The lowest BCUT2D eigenvalue weighted by Crippen LogP contribution is -2.32. The quantitative estimate of drug-likeness (QED) is 0.416. The third kappa shape index (κ3) is 0.868. The number of hydrogen-bond acceptors (Lipinski definition) is 3. The molecule has 2 N–H and O–H groups in total. The Hall–Kier alpha value is -1.78. The largest absolute Gasteiger partial charge is 0.386 e. The Kier molecular flexibility index (Phi) is 1.36. The van der Waals surface area contributed by atoms with E-state index in [1.165, 1.54) is 6.20 Å². The Balaban J connectivity index is 2.76. The summed E-state index contributed by atoms with van der Waals surface area (Å²) >= 11 is 0. The highest BCUT2D eigenvalue weighted by atomic mass is 16.6. The van der Waals surface area contributed by atoms with Gasteiger partial charge < -0.3 is 10.3 Å². The molecule has 0 aliphatic carbocycles. The van der Waals surface area contributed by atoms with Crippen molar-refractivity contribution in [1.82, 2.24) is 10.3 Å². The van der Waals surface area contributed by atoms with Gasteiger partial charge in [-0.05, 0) is 6.08 Å². The van der Waals surface area contributed by atoms with Crippen molar-refractivity contribution in [3.63, 3.8) is 0 Å². The molecule has 1 aliphatic rings. The van der Waals surface area contributed by atoms with Crippen LogP contribution in [0.5, 0.6) is 0 Å². The first kappa shape index (κ1) is 6.90. The molecular formula is C7H7N3O2. The summed E-state index contributed by atoms with van der Waals surface area (Å²) in [6.45, 7) is 0.645. The van der Waals surface area contributed by atoms with E-state index in [9.17, 15) is 10.1 Å². The normalized spacial score (nSPS) is 13.7. The molecule has 0 saturated carbocycles. The molecule has 0 aromatic carbocycles. The highest BCUT2D eigenvalue weighted by Crippen LogP contribution is 1.97. The summed E-state index contributed by atoms with van der Waals surface area (Å²) < 4.78 is 0. The molecule has 0 bridgehead atoms.